The summed E-state index contributed by atoms with van der Waals surface area (Å²) in [6.45, 7) is 0.812. The molecule has 0 spiro atoms. The zero-order valence-electron chi connectivity index (χ0n) is 18.2. The Morgan fingerprint density at radius 2 is 1.65 bits per heavy atom. The summed E-state index contributed by atoms with van der Waals surface area (Å²) in [6.07, 6.45) is -4.66. The van der Waals surface area contributed by atoms with Crippen molar-refractivity contribution >= 4 is 11.8 Å². The summed E-state index contributed by atoms with van der Waals surface area (Å²) in [6, 6.07) is 23.1. The quantitative estimate of drug-likeness (QED) is 0.536. The summed E-state index contributed by atoms with van der Waals surface area (Å²) in [5.74, 6) is -1.17. The predicted molar refractivity (Wildman–Crippen MR) is 120 cm³/mol. The van der Waals surface area contributed by atoms with Crippen molar-refractivity contribution in [3.05, 3.63) is 90.0 Å². The number of nitrogens with zero attached hydrogens (tertiary/aromatic N) is 1. The van der Waals surface area contributed by atoms with E-state index in [4.69, 9.17) is 0 Å². The lowest BCUT2D eigenvalue weighted by molar-refractivity contribution is -0.274. The minimum absolute atomic E-state index is 0.0986. The van der Waals surface area contributed by atoms with Crippen LogP contribution in [0.5, 0.6) is 5.75 Å². The molecule has 5 nitrogen and oxygen atoms in total. The summed E-state index contributed by atoms with van der Waals surface area (Å²) in [5, 5.41) is 2.94. The Balaban J connectivity index is 1.33. The van der Waals surface area contributed by atoms with Crippen LogP contribution in [0.2, 0.25) is 0 Å². The molecule has 0 bridgehead atoms. The third-order valence-corrected chi connectivity index (χ3v) is 5.67. The van der Waals surface area contributed by atoms with Crippen LogP contribution in [-0.4, -0.2) is 29.6 Å². The van der Waals surface area contributed by atoms with Crippen molar-refractivity contribution in [3.8, 4) is 16.9 Å². The highest BCUT2D eigenvalue weighted by Gasteiger charge is 2.34. The zero-order chi connectivity index (χ0) is 24.1. The van der Waals surface area contributed by atoms with Gasteiger partial charge < -0.3 is 15.0 Å². The van der Waals surface area contributed by atoms with Crippen molar-refractivity contribution in [2.24, 2.45) is 5.92 Å². The van der Waals surface area contributed by atoms with Crippen molar-refractivity contribution < 1.29 is 27.5 Å². The number of hydrogen-bond donors (Lipinski definition) is 1. The lowest BCUT2D eigenvalue weighted by Crippen LogP contribution is -2.32. The van der Waals surface area contributed by atoms with Gasteiger partial charge in [0.25, 0.3) is 0 Å². The molecule has 4 rings (SSSR count). The first-order valence-electron chi connectivity index (χ1n) is 10.8. The zero-order valence-corrected chi connectivity index (χ0v) is 18.2. The molecule has 1 N–H and O–H groups in total. The first-order chi connectivity index (χ1) is 16.3. The van der Waals surface area contributed by atoms with Gasteiger partial charge in [-0.3, -0.25) is 9.59 Å². The van der Waals surface area contributed by atoms with Crippen molar-refractivity contribution in [3.63, 3.8) is 0 Å². The van der Waals surface area contributed by atoms with Crippen molar-refractivity contribution in [2.45, 2.75) is 25.9 Å². The molecular formula is C26H23F3N2O3. The Morgan fingerprint density at radius 3 is 2.35 bits per heavy atom. The summed E-state index contributed by atoms with van der Waals surface area (Å²) in [7, 11) is 0. The van der Waals surface area contributed by atoms with Crippen LogP contribution in [0.25, 0.3) is 11.1 Å². The standard InChI is InChI=1S/C26H23F3N2O3/c27-26(28,29)34-22-12-10-18(11-13-22)16-31-17-21(14-24(31)32)25(33)30-15-20-8-4-5-9-23(20)19-6-2-1-3-7-19/h1-13,21H,14-17H2,(H,30,33). The number of carbonyl (C=O) groups excluding carboxylic acids is 2. The lowest BCUT2D eigenvalue weighted by atomic mass is 9.99. The van der Waals surface area contributed by atoms with Gasteiger partial charge in [0.1, 0.15) is 5.75 Å². The molecule has 8 heteroatoms. The van der Waals surface area contributed by atoms with Gasteiger partial charge in [-0.1, -0.05) is 66.7 Å². The number of alkyl halides is 3. The molecule has 1 atom stereocenters. The molecule has 1 saturated heterocycles. The van der Waals surface area contributed by atoms with Crippen LogP contribution in [0, 0.1) is 5.92 Å². The van der Waals surface area contributed by atoms with Gasteiger partial charge in [0.2, 0.25) is 11.8 Å². The molecule has 1 fully saturated rings. The largest absolute Gasteiger partial charge is 0.573 e. The molecule has 176 valence electrons. The van der Waals surface area contributed by atoms with E-state index in [0.29, 0.717) is 12.1 Å². The van der Waals surface area contributed by atoms with E-state index in [1.54, 1.807) is 4.90 Å². The van der Waals surface area contributed by atoms with Gasteiger partial charge in [0.05, 0.1) is 5.92 Å². The molecule has 2 amide bonds. The highest BCUT2D eigenvalue weighted by Crippen LogP contribution is 2.26. The summed E-state index contributed by atoms with van der Waals surface area (Å²) in [5.41, 5.74) is 3.72. The van der Waals surface area contributed by atoms with E-state index in [0.717, 1.165) is 16.7 Å². The molecule has 0 radical (unpaired) electrons. The van der Waals surface area contributed by atoms with Crippen LogP contribution in [-0.2, 0) is 22.7 Å². The second-order valence-electron chi connectivity index (χ2n) is 8.11. The Bertz CT molecular complexity index is 1150. The third-order valence-electron chi connectivity index (χ3n) is 5.67. The van der Waals surface area contributed by atoms with Crippen LogP contribution < -0.4 is 10.1 Å². The SMILES string of the molecule is O=C(NCc1ccccc1-c1ccccc1)C1CC(=O)N(Cc2ccc(OC(F)(F)F)cc2)C1. The Kier molecular flexibility index (Phi) is 6.86. The van der Waals surface area contributed by atoms with E-state index < -0.39 is 12.3 Å². The van der Waals surface area contributed by atoms with Crippen LogP contribution in [0.4, 0.5) is 13.2 Å². The van der Waals surface area contributed by atoms with E-state index >= 15 is 0 Å². The van der Waals surface area contributed by atoms with Crippen LogP contribution in [0.1, 0.15) is 17.5 Å². The fourth-order valence-electron chi connectivity index (χ4n) is 4.02. The van der Waals surface area contributed by atoms with Gasteiger partial charge in [-0.15, -0.1) is 13.2 Å². The first kappa shape index (κ1) is 23.4. The van der Waals surface area contributed by atoms with E-state index in [1.807, 2.05) is 54.6 Å². The molecule has 0 aromatic heterocycles. The maximum atomic E-state index is 12.8. The van der Waals surface area contributed by atoms with Gasteiger partial charge in [-0.05, 0) is 34.4 Å². The number of hydrogen-bond acceptors (Lipinski definition) is 3. The Morgan fingerprint density at radius 1 is 0.971 bits per heavy atom. The average Bonchev–Trinajstić information content (AvgIpc) is 3.19. The maximum Gasteiger partial charge on any atom is 0.573 e. The number of benzene rings is 3. The number of ether oxygens (including phenoxy) is 1. The highest BCUT2D eigenvalue weighted by molar-refractivity contribution is 5.89. The molecular weight excluding hydrogens is 445 g/mol. The van der Waals surface area contributed by atoms with Crippen molar-refractivity contribution in [2.75, 3.05) is 6.54 Å². The Labute approximate surface area is 195 Å². The number of amides is 2. The normalized spacial score (nSPS) is 15.9. The van der Waals surface area contributed by atoms with Gasteiger partial charge in [0.15, 0.2) is 0 Å². The molecule has 1 aliphatic rings. The fraction of sp³-hybridized carbons (Fsp3) is 0.231. The van der Waals surface area contributed by atoms with Crippen LogP contribution in [0.15, 0.2) is 78.9 Å². The number of halogens is 3. The minimum Gasteiger partial charge on any atom is -0.406 e. The summed E-state index contributed by atoms with van der Waals surface area (Å²) < 4.78 is 40.8. The van der Waals surface area contributed by atoms with Gasteiger partial charge in [-0.25, -0.2) is 0 Å². The van der Waals surface area contributed by atoms with E-state index in [9.17, 15) is 22.8 Å². The van der Waals surface area contributed by atoms with Crippen LogP contribution >= 0.6 is 0 Å². The van der Waals surface area contributed by atoms with Crippen molar-refractivity contribution in [1.82, 2.24) is 10.2 Å². The molecule has 1 heterocycles. The number of rotatable bonds is 7. The molecule has 0 saturated carbocycles. The van der Waals surface area contributed by atoms with Gasteiger partial charge in [0, 0.05) is 26.1 Å². The summed E-state index contributed by atoms with van der Waals surface area (Å²) in [4.78, 5) is 26.8. The fourth-order valence-corrected chi connectivity index (χ4v) is 4.02. The topological polar surface area (TPSA) is 58.6 Å². The van der Waals surface area contributed by atoms with E-state index in [2.05, 4.69) is 10.1 Å². The van der Waals surface area contributed by atoms with Crippen LogP contribution in [0.3, 0.4) is 0 Å². The van der Waals surface area contributed by atoms with E-state index in [1.165, 1.54) is 24.3 Å². The Hall–Kier alpha value is -3.81. The number of likely N-dealkylation sites (tertiary alicyclic amines) is 1. The van der Waals surface area contributed by atoms with Gasteiger partial charge >= 0.3 is 6.36 Å². The summed E-state index contributed by atoms with van der Waals surface area (Å²) >= 11 is 0. The second kappa shape index (κ2) is 9.99. The average molecular weight is 468 g/mol. The highest BCUT2D eigenvalue weighted by atomic mass is 19.4. The number of nitrogens with one attached hydrogen (secondary N) is 1. The molecule has 3 aromatic carbocycles. The molecule has 1 unspecified atom stereocenters. The lowest BCUT2D eigenvalue weighted by Gasteiger charge is -2.17. The molecule has 0 aliphatic carbocycles. The number of carbonyl (C=O) groups is 2. The second-order valence-corrected chi connectivity index (χ2v) is 8.11. The smallest absolute Gasteiger partial charge is 0.406 e. The molecule has 3 aromatic rings. The third kappa shape index (κ3) is 5.95. The predicted octanol–water partition coefficient (Wildman–Crippen LogP) is 4.92. The minimum atomic E-state index is -4.76. The van der Waals surface area contributed by atoms with Gasteiger partial charge in [-0.2, -0.15) is 0 Å². The maximum absolute atomic E-state index is 12.8. The monoisotopic (exact) mass is 468 g/mol. The first-order valence-corrected chi connectivity index (χ1v) is 10.8. The molecule has 34 heavy (non-hydrogen) atoms. The molecule has 1 aliphatic heterocycles. The van der Waals surface area contributed by atoms with E-state index in [-0.39, 0.29) is 37.1 Å². The van der Waals surface area contributed by atoms with Crippen molar-refractivity contribution in [1.29, 1.82) is 0 Å².